The SMILES string of the molecule is CCC(C)CC(=O)Oc1ccc(C[C@](N)(CCOC(=O)OCC(C)C)C(=O)OC)cc1OC(=O)CC(C)CC. The van der Waals surface area contributed by atoms with Gasteiger partial charge in [0.1, 0.15) is 5.54 Å². The van der Waals surface area contributed by atoms with Crippen molar-refractivity contribution in [2.24, 2.45) is 23.5 Å². The molecule has 220 valence electrons. The Balaban J connectivity index is 3.14. The second kappa shape index (κ2) is 16.7. The van der Waals surface area contributed by atoms with Crippen molar-refractivity contribution in [3.8, 4) is 11.5 Å². The highest BCUT2D eigenvalue weighted by atomic mass is 16.7. The number of nitrogens with two attached hydrogens (primary N) is 1. The Bertz CT molecular complexity index is 962. The minimum absolute atomic E-state index is 0.0267. The third-order valence-electron chi connectivity index (χ3n) is 6.29. The minimum Gasteiger partial charge on any atom is -0.468 e. The minimum atomic E-state index is -1.56. The fraction of sp³-hybridized carbons (Fsp3) is 0.655. The number of carbonyl (C=O) groups is 4. The average molecular weight is 552 g/mol. The van der Waals surface area contributed by atoms with Crippen LogP contribution in [-0.2, 0) is 35.0 Å². The highest BCUT2D eigenvalue weighted by Gasteiger charge is 2.36. The first kappa shape index (κ1) is 33.9. The molecule has 0 aliphatic rings. The van der Waals surface area contributed by atoms with Gasteiger partial charge in [0.25, 0.3) is 0 Å². The molecule has 0 amide bonds. The van der Waals surface area contributed by atoms with Crippen molar-refractivity contribution in [3.05, 3.63) is 23.8 Å². The van der Waals surface area contributed by atoms with Crippen molar-refractivity contribution < 1.29 is 42.9 Å². The second-order valence-electron chi connectivity index (χ2n) is 10.5. The molecule has 0 heterocycles. The summed E-state index contributed by atoms with van der Waals surface area (Å²) < 4.78 is 26.1. The number of carbonyl (C=O) groups excluding carboxylic acids is 4. The number of methoxy groups -OCH3 is 1. The summed E-state index contributed by atoms with van der Waals surface area (Å²) in [5, 5.41) is 0. The van der Waals surface area contributed by atoms with E-state index in [9.17, 15) is 19.2 Å². The van der Waals surface area contributed by atoms with Gasteiger partial charge in [-0.1, -0.05) is 60.5 Å². The molecule has 0 saturated carbocycles. The first-order chi connectivity index (χ1) is 18.3. The molecule has 2 N–H and O–H groups in total. The zero-order valence-corrected chi connectivity index (χ0v) is 24.4. The Morgan fingerprint density at radius 2 is 1.44 bits per heavy atom. The van der Waals surface area contributed by atoms with Crippen LogP contribution in [0.3, 0.4) is 0 Å². The van der Waals surface area contributed by atoms with Gasteiger partial charge in [-0.2, -0.15) is 0 Å². The first-order valence-corrected chi connectivity index (χ1v) is 13.5. The third kappa shape index (κ3) is 12.5. The zero-order chi connectivity index (χ0) is 29.6. The van der Waals surface area contributed by atoms with Gasteiger partial charge < -0.3 is 29.4 Å². The lowest BCUT2D eigenvalue weighted by molar-refractivity contribution is -0.147. The Morgan fingerprint density at radius 1 is 0.872 bits per heavy atom. The molecule has 10 heteroatoms. The van der Waals surface area contributed by atoms with Gasteiger partial charge >= 0.3 is 24.1 Å². The maximum Gasteiger partial charge on any atom is 0.508 e. The molecule has 39 heavy (non-hydrogen) atoms. The molecular formula is C29H45NO9. The van der Waals surface area contributed by atoms with Crippen molar-refractivity contribution in [2.45, 2.75) is 85.6 Å². The summed E-state index contributed by atoms with van der Waals surface area (Å²) in [6, 6.07) is 4.65. The number of hydrogen-bond acceptors (Lipinski definition) is 10. The van der Waals surface area contributed by atoms with Gasteiger partial charge in [-0.05, 0) is 35.4 Å². The van der Waals surface area contributed by atoms with Gasteiger partial charge in [0, 0.05) is 25.7 Å². The van der Waals surface area contributed by atoms with Gasteiger partial charge in [0.15, 0.2) is 11.5 Å². The number of benzene rings is 1. The van der Waals surface area contributed by atoms with Crippen molar-refractivity contribution in [3.63, 3.8) is 0 Å². The Morgan fingerprint density at radius 3 is 1.95 bits per heavy atom. The Labute approximate surface area is 231 Å². The van der Waals surface area contributed by atoms with Crippen LogP contribution in [0.2, 0.25) is 0 Å². The molecule has 1 rings (SSSR count). The summed E-state index contributed by atoms with van der Waals surface area (Å²) in [5.74, 6) is -1.08. The number of ether oxygens (including phenoxy) is 5. The number of hydrogen-bond donors (Lipinski definition) is 1. The van der Waals surface area contributed by atoms with Crippen LogP contribution < -0.4 is 15.2 Å². The Kier molecular flexibility index (Phi) is 14.5. The predicted molar refractivity (Wildman–Crippen MR) is 145 cm³/mol. The maximum atomic E-state index is 12.6. The molecule has 0 aliphatic heterocycles. The van der Waals surface area contributed by atoms with Gasteiger partial charge in [0.2, 0.25) is 0 Å². The highest BCUT2D eigenvalue weighted by molar-refractivity contribution is 5.81. The summed E-state index contributed by atoms with van der Waals surface area (Å²) in [6.07, 6.45) is 1.09. The molecule has 0 bridgehead atoms. The van der Waals surface area contributed by atoms with Crippen LogP contribution in [0.4, 0.5) is 4.79 Å². The van der Waals surface area contributed by atoms with Crippen molar-refractivity contribution in [2.75, 3.05) is 20.3 Å². The number of esters is 3. The Hall–Kier alpha value is -3.14. The van der Waals surface area contributed by atoms with E-state index in [4.69, 9.17) is 29.4 Å². The maximum absolute atomic E-state index is 12.6. The van der Waals surface area contributed by atoms with Gasteiger partial charge in [-0.3, -0.25) is 14.4 Å². The fourth-order valence-corrected chi connectivity index (χ4v) is 3.44. The summed E-state index contributed by atoms with van der Waals surface area (Å²) >= 11 is 0. The molecule has 0 aliphatic carbocycles. The first-order valence-electron chi connectivity index (χ1n) is 13.5. The molecule has 0 fully saturated rings. The molecule has 0 radical (unpaired) electrons. The molecule has 1 aromatic rings. The molecule has 3 atom stereocenters. The molecule has 0 saturated heterocycles. The zero-order valence-electron chi connectivity index (χ0n) is 24.4. The summed E-state index contributed by atoms with van der Waals surface area (Å²) in [7, 11) is 1.21. The van der Waals surface area contributed by atoms with Crippen LogP contribution in [0.25, 0.3) is 0 Å². The van der Waals surface area contributed by atoms with E-state index in [0.717, 1.165) is 12.8 Å². The van der Waals surface area contributed by atoms with Crippen LogP contribution in [0.15, 0.2) is 18.2 Å². The number of rotatable bonds is 16. The monoisotopic (exact) mass is 551 g/mol. The summed E-state index contributed by atoms with van der Waals surface area (Å²) in [5.41, 5.74) is 5.39. The van der Waals surface area contributed by atoms with Crippen LogP contribution in [0, 0.1) is 17.8 Å². The van der Waals surface area contributed by atoms with Gasteiger partial charge in [-0.25, -0.2) is 4.79 Å². The largest absolute Gasteiger partial charge is 0.508 e. The van der Waals surface area contributed by atoms with Crippen molar-refractivity contribution in [1.29, 1.82) is 0 Å². The van der Waals surface area contributed by atoms with E-state index in [1.54, 1.807) is 6.07 Å². The fourth-order valence-electron chi connectivity index (χ4n) is 3.44. The highest BCUT2D eigenvalue weighted by Crippen LogP contribution is 2.32. The van der Waals surface area contributed by atoms with Crippen LogP contribution >= 0.6 is 0 Å². The lowest BCUT2D eigenvalue weighted by Crippen LogP contribution is -2.51. The smallest absolute Gasteiger partial charge is 0.468 e. The third-order valence-corrected chi connectivity index (χ3v) is 6.29. The van der Waals surface area contributed by atoms with E-state index < -0.39 is 29.6 Å². The standard InChI is InChI=1S/C29H45NO9/c1-8-20(5)14-25(31)38-23-11-10-22(16-24(23)39-26(32)15-21(6)9-2)17-29(30,27(33)35-7)12-13-36-28(34)37-18-19(3)4/h10-11,16,19-21H,8-9,12-15,17-18,30H2,1-7H3/t20?,21?,29-/m1/s1. The lowest BCUT2D eigenvalue weighted by Gasteiger charge is -2.26. The summed E-state index contributed by atoms with van der Waals surface area (Å²) in [4.78, 5) is 49.4. The van der Waals surface area contributed by atoms with Crippen LogP contribution in [0.5, 0.6) is 11.5 Å². The lowest BCUT2D eigenvalue weighted by atomic mass is 9.88. The van der Waals surface area contributed by atoms with Gasteiger partial charge in [0.05, 0.1) is 20.3 Å². The topological polar surface area (TPSA) is 140 Å². The van der Waals surface area contributed by atoms with E-state index >= 15 is 0 Å². The summed E-state index contributed by atoms with van der Waals surface area (Å²) in [6.45, 7) is 11.6. The van der Waals surface area contributed by atoms with E-state index in [2.05, 4.69) is 0 Å². The second-order valence-corrected chi connectivity index (χ2v) is 10.5. The van der Waals surface area contributed by atoms with Crippen LogP contribution in [0.1, 0.15) is 79.2 Å². The van der Waals surface area contributed by atoms with Crippen LogP contribution in [-0.4, -0.2) is 49.9 Å². The van der Waals surface area contributed by atoms with Crippen molar-refractivity contribution in [1.82, 2.24) is 0 Å². The molecule has 2 unspecified atom stereocenters. The van der Waals surface area contributed by atoms with E-state index in [1.807, 2.05) is 41.5 Å². The molecule has 1 aromatic carbocycles. The van der Waals surface area contributed by atoms with E-state index in [0.29, 0.717) is 5.56 Å². The van der Waals surface area contributed by atoms with Crippen molar-refractivity contribution >= 4 is 24.1 Å². The van der Waals surface area contributed by atoms with Gasteiger partial charge in [-0.15, -0.1) is 0 Å². The predicted octanol–water partition coefficient (Wildman–Crippen LogP) is 4.98. The molecule has 0 aromatic heterocycles. The molecule has 10 nitrogen and oxygen atoms in total. The normalized spacial score (nSPS) is 14.1. The van der Waals surface area contributed by atoms with E-state index in [-0.39, 0.29) is 68.1 Å². The molecule has 0 spiro atoms. The molecular weight excluding hydrogens is 506 g/mol. The average Bonchev–Trinajstić information content (AvgIpc) is 2.87. The van der Waals surface area contributed by atoms with E-state index in [1.165, 1.54) is 19.2 Å². The quantitative estimate of drug-likeness (QED) is 0.221.